The standard InChI is InChI=1S/C17H20N2O3S/c1-2-5-14(20)11-18-16(21)12-6-3-7-13(10-12)19-17(22)15-8-4-9-23-15/h3-4,6-10,14,20H,2,5,11H2,1H3,(H,18,21)(H,19,22). The Kier molecular flexibility index (Phi) is 6.31. The molecule has 0 aliphatic carbocycles. The van der Waals surface area contributed by atoms with Crippen LogP contribution in [0.1, 0.15) is 39.8 Å². The maximum atomic E-state index is 12.1. The third-order valence-corrected chi connectivity index (χ3v) is 4.12. The Labute approximate surface area is 139 Å². The van der Waals surface area contributed by atoms with E-state index in [2.05, 4.69) is 10.6 Å². The molecule has 0 radical (unpaired) electrons. The van der Waals surface area contributed by atoms with Crippen LogP contribution >= 0.6 is 11.3 Å². The van der Waals surface area contributed by atoms with Gasteiger partial charge in [0.1, 0.15) is 0 Å². The average Bonchev–Trinajstić information content (AvgIpc) is 3.08. The second-order valence-electron chi connectivity index (χ2n) is 5.16. The summed E-state index contributed by atoms with van der Waals surface area (Å²) in [6, 6.07) is 10.3. The van der Waals surface area contributed by atoms with Crippen LogP contribution in [-0.4, -0.2) is 29.6 Å². The molecule has 3 N–H and O–H groups in total. The number of thiophene rings is 1. The van der Waals surface area contributed by atoms with Crippen molar-refractivity contribution in [1.29, 1.82) is 0 Å². The molecule has 2 aromatic rings. The Morgan fingerprint density at radius 3 is 2.74 bits per heavy atom. The number of hydrogen-bond donors (Lipinski definition) is 3. The zero-order valence-electron chi connectivity index (χ0n) is 12.9. The largest absolute Gasteiger partial charge is 0.391 e. The van der Waals surface area contributed by atoms with Gasteiger partial charge >= 0.3 is 0 Å². The fraction of sp³-hybridized carbons (Fsp3) is 0.294. The Morgan fingerprint density at radius 2 is 2.04 bits per heavy atom. The van der Waals surface area contributed by atoms with Crippen molar-refractivity contribution in [2.24, 2.45) is 0 Å². The number of benzene rings is 1. The lowest BCUT2D eigenvalue weighted by Gasteiger charge is -2.11. The molecule has 1 atom stereocenters. The molecule has 0 saturated carbocycles. The SMILES string of the molecule is CCCC(O)CNC(=O)c1cccc(NC(=O)c2cccs2)c1. The summed E-state index contributed by atoms with van der Waals surface area (Å²) in [5.74, 6) is -0.469. The van der Waals surface area contributed by atoms with Crippen molar-refractivity contribution in [3.63, 3.8) is 0 Å². The smallest absolute Gasteiger partial charge is 0.265 e. The topological polar surface area (TPSA) is 78.4 Å². The Morgan fingerprint density at radius 1 is 1.22 bits per heavy atom. The lowest BCUT2D eigenvalue weighted by Crippen LogP contribution is -2.32. The van der Waals surface area contributed by atoms with Crippen molar-refractivity contribution in [1.82, 2.24) is 5.32 Å². The van der Waals surface area contributed by atoms with E-state index < -0.39 is 6.10 Å². The number of nitrogens with one attached hydrogen (secondary N) is 2. The molecule has 1 aromatic heterocycles. The molecule has 0 bridgehead atoms. The first kappa shape index (κ1) is 17.2. The minimum Gasteiger partial charge on any atom is -0.391 e. The van der Waals surface area contributed by atoms with Crippen LogP contribution in [0, 0.1) is 0 Å². The van der Waals surface area contributed by atoms with Crippen molar-refractivity contribution >= 4 is 28.8 Å². The van der Waals surface area contributed by atoms with E-state index in [1.807, 2.05) is 18.4 Å². The highest BCUT2D eigenvalue weighted by molar-refractivity contribution is 7.12. The molecule has 5 nitrogen and oxygen atoms in total. The number of carbonyl (C=O) groups excluding carboxylic acids is 2. The molecular formula is C17H20N2O3S. The van der Waals surface area contributed by atoms with Crippen molar-refractivity contribution in [3.05, 3.63) is 52.2 Å². The molecule has 0 aliphatic rings. The summed E-state index contributed by atoms with van der Waals surface area (Å²) in [5, 5.41) is 16.9. The van der Waals surface area contributed by atoms with E-state index in [1.54, 1.807) is 30.3 Å². The highest BCUT2D eigenvalue weighted by atomic mass is 32.1. The van der Waals surface area contributed by atoms with Gasteiger partial charge in [-0.05, 0) is 36.1 Å². The van der Waals surface area contributed by atoms with Gasteiger partial charge in [-0.1, -0.05) is 25.5 Å². The summed E-state index contributed by atoms with van der Waals surface area (Å²) in [7, 11) is 0. The number of aliphatic hydroxyl groups excluding tert-OH is 1. The van der Waals surface area contributed by atoms with E-state index in [0.29, 0.717) is 22.5 Å². The monoisotopic (exact) mass is 332 g/mol. The first-order valence-corrected chi connectivity index (χ1v) is 8.39. The van der Waals surface area contributed by atoms with E-state index in [4.69, 9.17) is 0 Å². The van der Waals surface area contributed by atoms with Gasteiger partial charge in [0.15, 0.2) is 0 Å². The Bertz CT molecular complexity index is 656. The minimum absolute atomic E-state index is 0.198. The fourth-order valence-corrected chi connectivity index (χ4v) is 2.71. The van der Waals surface area contributed by atoms with E-state index in [1.165, 1.54) is 11.3 Å². The van der Waals surface area contributed by atoms with E-state index >= 15 is 0 Å². The zero-order chi connectivity index (χ0) is 16.7. The first-order chi connectivity index (χ1) is 11.1. The Hall–Kier alpha value is -2.18. The van der Waals surface area contributed by atoms with Crippen LogP contribution in [-0.2, 0) is 0 Å². The molecule has 2 rings (SSSR count). The maximum absolute atomic E-state index is 12.1. The lowest BCUT2D eigenvalue weighted by molar-refractivity contribution is 0.0909. The van der Waals surface area contributed by atoms with Gasteiger partial charge in [0.25, 0.3) is 11.8 Å². The summed E-state index contributed by atoms with van der Waals surface area (Å²) < 4.78 is 0. The number of aliphatic hydroxyl groups is 1. The van der Waals surface area contributed by atoms with Gasteiger partial charge in [-0.25, -0.2) is 0 Å². The van der Waals surface area contributed by atoms with Crippen LogP contribution in [0.5, 0.6) is 0 Å². The summed E-state index contributed by atoms with van der Waals surface area (Å²) in [6.45, 7) is 2.20. The highest BCUT2D eigenvalue weighted by Crippen LogP contribution is 2.15. The molecule has 0 fully saturated rings. The Balaban J connectivity index is 1.96. The molecule has 0 saturated heterocycles. The van der Waals surface area contributed by atoms with Gasteiger partial charge < -0.3 is 15.7 Å². The molecule has 1 unspecified atom stereocenters. The average molecular weight is 332 g/mol. The van der Waals surface area contributed by atoms with Crippen molar-refractivity contribution < 1.29 is 14.7 Å². The van der Waals surface area contributed by atoms with Gasteiger partial charge in [-0.3, -0.25) is 9.59 Å². The number of hydrogen-bond acceptors (Lipinski definition) is 4. The van der Waals surface area contributed by atoms with E-state index in [-0.39, 0.29) is 18.4 Å². The molecule has 6 heteroatoms. The first-order valence-electron chi connectivity index (χ1n) is 7.51. The van der Waals surface area contributed by atoms with Gasteiger partial charge in [-0.15, -0.1) is 11.3 Å². The number of carbonyl (C=O) groups is 2. The molecule has 1 heterocycles. The van der Waals surface area contributed by atoms with Crippen LogP contribution in [0.4, 0.5) is 5.69 Å². The quantitative estimate of drug-likeness (QED) is 0.729. The van der Waals surface area contributed by atoms with Gasteiger partial charge in [0.2, 0.25) is 0 Å². The maximum Gasteiger partial charge on any atom is 0.265 e. The predicted octanol–water partition coefficient (Wildman–Crippen LogP) is 2.89. The van der Waals surface area contributed by atoms with E-state index in [0.717, 1.165) is 6.42 Å². The molecule has 2 amide bonds. The van der Waals surface area contributed by atoms with Crippen LogP contribution in [0.15, 0.2) is 41.8 Å². The van der Waals surface area contributed by atoms with Gasteiger partial charge in [0, 0.05) is 17.8 Å². The van der Waals surface area contributed by atoms with Crippen molar-refractivity contribution in [2.75, 3.05) is 11.9 Å². The summed E-state index contributed by atoms with van der Waals surface area (Å²) >= 11 is 1.36. The number of anilines is 1. The predicted molar refractivity (Wildman–Crippen MR) is 92.0 cm³/mol. The zero-order valence-corrected chi connectivity index (χ0v) is 13.7. The van der Waals surface area contributed by atoms with Gasteiger partial charge in [-0.2, -0.15) is 0 Å². The molecule has 0 aliphatic heterocycles. The molecule has 122 valence electrons. The van der Waals surface area contributed by atoms with Crippen LogP contribution in [0.3, 0.4) is 0 Å². The van der Waals surface area contributed by atoms with Crippen molar-refractivity contribution in [3.8, 4) is 0 Å². The molecule has 0 spiro atoms. The normalized spacial score (nSPS) is 11.7. The summed E-state index contributed by atoms with van der Waals surface area (Å²) in [6.07, 6.45) is 0.976. The molecular weight excluding hydrogens is 312 g/mol. The number of amides is 2. The summed E-state index contributed by atoms with van der Waals surface area (Å²) in [4.78, 5) is 24.7. The number of rotatable bonds is 7. The highest BCUT2D eigenvalue weighted by Gasteiger charge is 2.11. The summed E-state index contributed by atoms with van der Waals surface area (Å²) in [5.41, 5.74) is 1.00. The van der Waals surface area contributed by atoms with Crippen LogP contribution < -0.4 is 10.6 Å². The second kappa shape index (κ2) is 8.45. The third-order valence-electron chi connectivity index (χ3n) is 3.25. The van der Waals surface area contributed by atoms with Crippen molar-refractivity contribution in [2.45, 2.75) is 25.9 Å². The molecule has 23 heavy (non-hydrogen) atoms. The van der Waals surface area contributed by atoms with E-state index in [9.17, 15) is 14.7 Å². The van der Waals surface area contributed by atoms with Gasteiger partial charge in [0.05, 0.1) is 11.0 Å². The minimum atomic E-state index is -0.536. The lowest BCUT2D eigenvalue weighted by atomic mass is 10.1. The second-order valence-corrected chi connectivity index (χ2v) is 6.11. The third kappa shape index (κ3) is 5.19. The fourth-order valence-electron chi connectivity index (χ4n) is 2.09. The van der Waals surface area contributed by atoms with Crippen LogP contribution in [0.25, 0.3) is 0 Å². The van der Waals surface area contributed by atoms with Crippen LogP contribution in [0.2, 0.25) is 0 Å². The molecule has 1 aromatic carbocycles.